The zero-order chi connectivity index (χ0) is 33.1. The van der Waals surface area contributed by atoms with Gasteiger partial charge >= 0.3 is 6.18 Å². The number of benzene rings is 4. The normalized spacial score (nSPS) is 14.7. The average Bonchev–Trinajstić information content (AvgIpc) is 3.37. The lowest BCUT2D eigenvalue weighted by Crippen LogP contribution is -2.40. The Labute approximate surface area is 271 Å². The minimum atomic E-state index is -4.49. The van der Waals surface area contributed by atoms with Gasteiger partial charge in [0, 0.05) is 11.3 Å². The predicted molar refractivity (Wildman–Crippen MR) is 174 cm³/mol. The molecule has 1 unspecified atom stereocenters. The number of carbonyl (C=O) groups is 1. The third kappa shape index (κ3) is 6.75. The molecule has 238 valence electrons. The molecule has 1 aliphatic heterocycles. The van der Waals surface area contributed by atoms with E-state index in [2.05, 4.69) is 10.3 Å². The van der Waals surface area contributed by atoms with E-state index in [-0.39, 0.29) is 23.8 Å². The Hall–Kier alpha value is -5.42. The maximum Gasteiger partial charge on any atom is 0.416 e. The van der Waals surface area contributed by atoms with Gasteiger partial charge in [-0.3, -0.25) is 14.2 Å². The van der Waals surface area contributed by atoms with E-state index >= 15 is 0 Å². The molecule has 1 amide bonds. The van der Waals surface area contributed by atoms with Crippen LogP contribution in [0.15, 0.2) is 124 Å². The molecule has 5 aromatic rings. The number of nitrogens with zero attached hydrogens (tertiary/aromatic N) is 2. The number of fused-ring (bicyclic) bond motifs is 1. The number of amides is 1. The number of alkyl halides is 3. The number of aromatic nitrogens is 1. The topological polar surface area (TPSA) is 81.9 Å². The zero-order valence-electron chi connectivity index (χ0n) is 25.2. The number of methoxy groups -OCH3 is 1. The van der Waals surface area contributed by atoms with Crippen LogP contribution in [0, 0.1) is 0 Å². The number of ether oxygens (including phenoxy) is 2. The first-order chi connectivity index (χ1) is 22.6. The minimum Gasteiger partial charge on any atom is -0.496 e. The van der Waals surface area contributed by atoms with E-state index in [0.29, 0.717) is 43.2 Å². The molecule has 0 saturated carbocycles. The first-order valence-corrected chi connectivity index (χ1v) is 15.3. The van der Waals surface area contributed by atoms with Crippen LogP contribution in [0.5, 0.6) is 11.5 Å². The summed E-state index contributed by atoms with van der Waals surface area (Å²) in [5, 5.41) is 2.93. The van der Waals surface area contributed by atoms with E-state index in [4.69, 9.17) is 9.47 Å². The molecule has 7 nitrogen and oxygen atoms in total. The van der Waals surface area contributed by atoms with Gasteiger partial charge in [0.25, 0.3) is 11.5 Å². The molecule has 1 atom stereocenters. The lowest BCUT2D eigenvalue weighted by molar-refractivity contribution is -0.137. The first-order valence-electron chi connectivity index (χ1n) is 14.5. The van der Waals surface area contributed by atoms with Crippen LogP contribution >= 0.6 is 11.3 Å². The van der Waals surface area contributed by atoms with Gasteiger partial charge in [0.15, 0.2) is 4.80 Å². The van der Waals surface area contributed by atoms with E-state index in [9.17, 15) is 22.8 Å². The Morgan fingerprint density at radius 2 is 1.70 bits per heavy atom. The van der Waals surface area contributed by atoms with E-state index in [1.165, 1.54) is 30.6 Å². The fourth-order valence-corrected chi connectivity index (χ4v) is 6.40. The van der Waals surface area contributed by atoms with Crippen LogP contribution in [0.3, 0.4) is 0 Å². The Morgan fingerprint density at radius 3 is 2.40 bits per heavy atom. The number of anilines is 1. The van der Waals surface area contributed by atoms with Crippen molar-refractivity contribution in [1.29, 1.82) is 0 Å². The van der Waals surface area contributed by atoms with Crippen molar-refractivity contribution < 1.29 is 27.4 Å². The Kier molecular flexibility index (Phi) is 8.82. The molecule has 0 saturated heterocycles. The fraction of sp³-hybridized carbons (Fsp3) is 0.139. The molecule has 1 aromatic heterocycles. The number of hydrogen-bond acceptors (Lipinski definition) is 6. The second-order valence-corrected chi connectivity index (χ2v) is 11.7. The van der Waals surface area contributed by atoms with Gasteiger partial charge in [-0.25, -0.2) is 4.99 Å². The van der Waals surface area contributed by atoms with Crippen LogP contribution < -0.4 is 29.7 Å². The molecule has 0 radical (unpaired) electrons. The summed E-state index contributed by atoms with van der Waals surface area (Å²) >= 11 is 1.20. The number of carbonyl (C=O) groups excluding carboxylic acids is 1. The molecule has 0 aliphatic carbocycles. The molecule has 2 heterocycles. The van der Waals surface area contributed by atoms with Gasteiger partial charge in [-0.1, -0.05) is 72.0 Å². The minimum absolute atomic E-state index is 0.0592. The molecular formula is C36H28F3N3O4S. The number of hydrogen-bond donors (Lipinski definition) is 1. The summed E-state index contributed by atoms with van der Waals surface area (Å²) in [4.78, 5) is 32.9. The maximum absolute atomic E-state index is 14.1. The van der Waals surface area contributed by atoms with Gasteiger partial charge < -0.3 is 14.8 Å². The standard InChI is InChI=1S/C36H28F3N3O4S/c1-22-31(33(43)41-27-13-7-4-8-14-27)32(24-10-5-3-6-11-24)42-34(44)30(47-35(42)40-22)19-23-16-17-29(45-2)25(18-23)21-46-28-15-9-12-26(20-28)36(37,38)39/h3-20,32H,21H2,1-2H3,(H,41,43). The number of allylic oxidation sites excluding steroid dienone is 1. The highest BCUT2D eigenvalue weighted by atomic mass is 32.1. The van der Waals surface area contributed by atoms with Crippen molar-refractivity contribution in [3.05, 3.63) is 156 Å². The maximum atomic E-state index is 14.1. The third-order valence-electron chi connectivity index (χ3n) is 7.57. The number of rotatable bonds is 8. The van der Waals surface area contributed by atoms with Crippen molar-refractivity contribution in [2.45, 2.75) is 25.7 Å². The third-order valence-corrected chi connectivity index (χ3v) is 8.55. The highest BCUT2D eigenvalue weighted by Crippen LogP contribution is 2.33. The second-order valence-electron chi connectivity index (χ2n) is 10.7. The summed E-state index contributed by atoms with van der Waals surface area (Å²) in [7, 11) is 1.48. The Balaban J connectivity index is 1.37. The number of para-hydroxylation sites is 1. The summed E-state index contributed by atoms with van der Waals surface area (Å²) in [6, 6.07) is 27.6. The molecule has 11 heteroatoms. The van der Waals surface area contributed by atoms with Crippen LogP contribution in [0.4, 0.5) is 18.9 Å². The van der Waals surface area contributed by atoms with Crippen molar-refractivity contribution >= 4 is 29.0 Å². The van der Waals surface area contributed by atoms with Gasteiger partial charge in [-0.15, -0.1) is 0 Å². The molecule has 0 fully saturated rings. The summed E-state index contributed by atoms with van der Waals surface area (Å²) in [6.45, 7) is 1.69. The molecule has 4 aromatic carbocycles. The van der Waals surface area contributed by atoms with Crippen LogP contribution in [0.2, 0.25) is 0 Å². The Bertz CT molecular complexity index is 2160. The van der Waals surface area contributed by atoms with Crippen molar-refractivity contribution in [1.82, 2.24) is 4.57 Å². The van der Waals surface area contributed by atoms with Gasteiger partial charge in [0.1, 0.15) is 18.1 Å². The molecule has 0 bridgehead atoms. The summed E-state index contributed by atoms with van der Waals surface area (Å²) in [5.41, 5.74) is 2.32. The monoisotopic (exact) mass is 655 g/mol. The molecule has 1 N–H and O–H groups in total. The Morgan fingerprint density at radius 1 is 0.979 bits per heavy atom. The van der Waals surface area contributed by atoms with Crippen molar-refractivity contribution in [3.63, 3.8) is 0 Å². The van der Waals surface area contributed by atoms with Gasteiger partial charge in [0.05, 0.1) is 34.5 Å². The highest BCUT2D eigenvalue weighted by molar-refractivity contribution is 7.07. The largest absolute Gasteiger partial charge is 0.496 e. The average molecular weight is 656 g/mol. The van der Waals surface area contributed by atoms with E-state index in [1.807, 2.05) is 48.5 Å². The van der Waals surface area contributed by atoms with Crippen LogP contribution in [-0.2, 0) is 17.6 Å². The summed E-state index contributed by atoms with van der Waals surface area (Å²) in [6.07, 6.45) is -2.78. The zero-order valence-corrected chi connectivity index (χ0v) is 26.1. The lowest BCUT2D eigenvalue weighted by Gasteiger charge is -2.25. The quantitative estimate of drug-likeness (QED) is 0.208. The summed E-state index contributed by atoms with van der Waals surface area (Å²) < 4.78 is 52.6. The van der Waals surface area contributed by atoms with E-state index in [1.54, 1.807) is 47.9 Å². The van der Waals surface area contributed by atoms with Gasteiger partial charge in [-0.2, -0.15) is 13.2 Å². The molecule has 0 spiro atoms. The van der Waals surface area contributed by atoms with Crippen LogP contribution in [-0.4, -0.2) is 17.6 Å². The van der Waals surface area contributed by atoms with E-state index in [0.717, 1.165) is 17.7 Å². The molecule has 1 aliphatic rings. The fourth-order valence-electron chi connectivity index (χ4n) is 5.36. The smallest absolute Gasteiger partial charge is 0.416 e. The van der Waals surface area contributed by atoms with Crippen molar-refractivity contribution in [2.24, 2.45) is 4.99 Å². The van der Waals surface area contributed by atoms with Crippen LogP contribution in [0.1, 0.15) is 35.2 Å². The number of halogens is 3. The van der Waals surface area contributed by atoms with Crippen molar-refractivity contribution in [2.75, 3.05) is 12.4 Å². The number of thiazole rings is 1. The second kappa shape index (κ2) is 13.1. The van der Waals surface area contributed by atoms with Crippen molar-refractivity contribution in [3.8, 4) is 11.5 Å². The van der Waals surface area contributed by atoms with Crippen LogP contribution in [0.25, 0.3) is 6.08 Å². The predicted octanol–water partition coefficient (Wildman–Crippen LogP) is 6.48. The SMILES string of the molecule is COc1ccc(C=c2sc3n(c2=O)C(c2ccccc2)C(C(=O)Nc2ccccc2)=C(C)N=3)cc1COc1cccc(C(F)(F)F)c1. The molecular weight excluding hydrogens is 627 g/mol. The van der Waals surface area contributed by atoms with Gasteiger partial charge in [-0.05, 0) is 66.6 Å². The number of nitrogens with one attached hydrogen (secondary N) is 1. The first kappa shape index (κ1) is 31.6. The van der Waals surface area contributed by atoms with Gasteiger partial charge in [0.2, 0.25) is 0 Å². The lowest BCUT2D eigenvalue weighted by atomic mass is 9.95. The molecule has 6 rings (SSSR count). The molecule has 47 heavy (non-hydrogen) atoms. The summed E-state index contributed by atoms with van der Waals surface area (Å²) in [5.74, 6) is 0.175. The van der Waals surface area contributed by atoms with E-state index < -0.39 is 17.8 Å². The highest BCUT2D eigenvalue weighted by Gasteiger charge is 2.33.